The summed E-state index contributed by atoms with van der Waals surface area (Å²) in [6.45, 7) is 10.3. The third kappa shape index (κ3) is 4.06. The summed E-state index contributed by atoms with van der Waals surface area (Å²) in [5.74, 6) is 14.5. The number of hydrogen-bond donors (Lipinski definition) is 0. The fraction of sp³-hybridized carbons (Fsp3) is 0.480. The zero-order valence-electron chi connectivity index (χ0n) is 20.5. The van der Waals surface area contributed by atoms with Crippen molar-refractivity contribution in [1.29, 1.82) is 0 Å². The zero-order valence-corrected chi connectivity index (χ0v) is 20.5. The average Bonchev–Trinajstić information content (AvgIpc) is 3.02. The Bertz CT molecular complexity index is 1070. The molecule has 0 unspecified atom stereocenters. The van der Waals surface area contributed by atoms with Crippen LogP contribution in [0.1, 0.15) is 30.8 Å². The van der Waals surface area contributed by atoms with E-state index in [0.717, 1.165) is 22.1 Å². The summed E-state index contributed by atoms with van der Waals surface area (Å²) in [6, 6.07) is 2.27. The van der Waals surface area contributed by atoms with Gasteiger partial charge >= 0.3 is 6.42 Å². The van der Waals surface area contributed by atoms with Gasteiger partial charge in [0.05, 0.1) is 42.3 Å². The fourth-order valence-corrected chi connectivity index (χ4v) is 4.42. The lowest BCUT2D eigenvalue weighted by molar-refractivity contribution is -0.862. The van der Waals surface area contributed by atoms with Gasteiger partial charge in [0, 0.05) is 30.3 Å². The standard InChI is InChI=1S/C25H37BN4/c1-20-17-22(3)27-24(20)19-25-21(2)18-23(4)28(25)26(27,13-11-15-29(5,6)7)14-12-16-30(8,9)10/h17-19H,15-16H2,1-10H3/q+2. The van der Waals surface area contributed by atoms with Crippen molar-refractivity contribution in [3.8, 4) is 23.5 Å². The molecule has 3 heterocycles. The largest absolute Gasteiger partial charge is 0.520 e. The minimum Gasteiger partial charge on any atom is -0.436 e. The van der Waals surface area contributed by atoms with Crippen molar-refractivity contribution in [3.05, 3.63) is 40.4 Å². The van der Waals surface area contributed by atoms with Gasteiger partial charge in [-0.25, -0.2) is 0 Å². The summed E-state index contributed by atoms with van der Waals surface area (Å²) in [4.78, 5) is 0. The van der Waals surface area contributed by atoms with Crippen molar-refractivity contribution in [2.75, 3.05) is 55.4 Å². The van der Waals surface area contributed by atoms with Crippen molar-refractivity contribution in [2.45, 2.75) is 27.7 Å². The predicted molar refractivity (Wildman–Crippen MR) is 129 cm³/mol. The van der Waals surface area contributed by atoms with Crippen LogP contribution >= 0.6 is 0 Å². The first-order chi connectivity index (χ1) is 13.8. The molecule has 0 saturated heterocycles. The molecule has 0 radical (unpaired) electrons. The number of quaternary nitrogens is 2. The first kappa shape index (κ1) is 22.2. The van der Waals surface area contributed by atoms with E-state index in [1.165, 1.54) is 33.9 Å². The van der Waals surface area contributed by atoms with E-state index in [1.54, 1.807) is 0 Å². The van der Waals surface area contributed by atoms with Gasteiger partial charge in [-0.2, -0.15) is 11.6 Å². The molecule has 158 valence electrons. The molecule has 0 spiro atoms. The van der Waals surface area contributed by atoms with E-state index in [1.807, 2.05) is 0 Å². The van der Waals surface area contributed by atoms with Crippen LogP contribution in [0.25, 0.3) is 6.08 Å². The molecule has 30 heavy (non-hydrogen) atoms. The van der Waals surface area contributed by atoms with Crippen LogP contribution in [-0.2, 0) is 0 Å². The third-order valence-corrected chi connectivity index (χ3v) is 5.67. The zero-order chi connectivity index (χ0) is 22.5. The van der Waals surface area contributed by atoms with Gasteiger partial charge in [-0.1, -0.05) is 11.8 Å². The van der Waals surface area contributed by atoms with Crippen molar-refractivity contribution >= 4 is 18.2 Å². The van der Waals surface area contributed by atoms with E-state index in [2.05, 4.69) is 121 Å². The topological polar surface area (TPSA) is 7.94 Å². The molecule has 0 N–H and O–H groups in total. The van der Waals surface area contributed by atoms with Gasteiger partial charge in [-0.05, 0) is 38.1 Å². The van der Waals surface area contributed by atoms with Crippen LogP contribution in [-0.4, -0.2) is 85.4 Å². The molecular formula is C25H37BN4+2. The van der Waals surface area contributed by atoms with E-state index in [9.17, 15) is 0 Å². The minimum absolute atomic E-state index is 0.785. The van der Waals surface area contributed by atoms with Crippen LogP contribution in [0.5, 0.6) is 0 Å². The quantitative estimate of drug-likeness (QED) is 0.407. The molecule has 2 aliphatic rings. The molecule has 1 aromatic heterocycles. The molecule has 0 amide bonds. The molecule has 0 aliphatic carbocycles. The number of allylic oxidation sites excluding steroid dienone is 2. The summed E-state index contributed by atoms with van der Waals surface area (Å²) >= 11 is 0. The molecular weight excluding hydrogens is 367 g/mol. The number of aromatic nitrogens is 1. The lowest BCUT2D eigenvalue weighted by Crippen LogP contribution is -2.56. The Morgan fingerprint density at radius 1 is 0.867 bits per heavy atom. The Morgan fingerprint density at radius 3 is 1.90 bits per heavy atom. The molecule has 4 nitrogen and oxygen atoms in total. The van der Waals surface area contributed by atoms with Crippen LogP contribution in [0.3, 0.4) is 0 Å². The lowest BCUT2D eigenvalue weighted by Gasteiger charge is -2.36. The second kappa shape index (κ2) is 7.34. The number of hydrogen-bond acceptors (Lipinski definition) is 0. The van der Waals surface area contributed by atoms with E-state index in [4.69, 9.17) is 0 Å². The molecule has 0 bridgehead atoms. The molecule has 5 heteroatoms. The van der Waals surface area contributed by atoms with Crippen LogP contribution in [0.2, 0.25) is 0 Å². The van der Waals surface area contributed by atoms with Gasteiger partial charge in [0.1, 0.15) is 18.8 Å². The molecule has 0 aromatic carbocycles. The number of nitrogens with zero attached hydrogens (tertiary/aromatic N) is 4. The molecule has 3 rings (SSSR count). The van der Waals surface area contributed by atoms with Gasteiger partial charge in [0.2, 0.25) is 0 Å². The Hall–Kier alpha value is -2.47. The average molecular weight is 404 g/mol. The fourth-order valence-electron chi connectivity index (χ4n) is 4.42. The van der Waals surface area contributed by atoms with E-state index in [-0.39, 0.29) is 0 Å². The molecule has 0 atom stereocenters. The summed E-state index contributed by atoms with van der Waals surface area (Å²) in [7, 11) is 13.1. The summed E-state index contributed by atoms with van der Waals surface area (Å²) in [5.41, 5.74) is 7.47. The Balaban J connectivity index is 2.34. The van der Waals surface area contributed by atoms with Crippen molar-refractivity contribution in [2.24, 2.45) is 0 Å². The molecule has 2 aliphatic heterocycles. The number of aryl methyl sites for hydroxylation is 2. The third-order valence-electron chi connectivity index (χ3n) is 5.67. The second-order valence-corrected chi connectivity index (χ2v) is 10.9. The summed E-state index contributed by atoms with van der Waals surface area (Å²) in [6.07, 6.45) is 2.95. The molecule has 0 saturated carbocycles. The molecule has 0 fully saturated rings. The Labute approximate surface area is 183 Å². The predicted octanol–water partition coefficient (Wildman–Crippen LogP) is 2.68. The summed E-state index contributed by atoms with van der Waals surface area (Å²) < 4.78 is 6.43. The monoisotopic (exact) mass is 404 g/mol. The second-order valence-electron chi connectivity index (χ2n) is 10.9. The van der Waals surface area contributed by atoms with Crippen molar-refractivity contribution in [1.82, 2.24) is 4.48 Å². The first-order valence-corrected chi connectivity index (χ1v) is 10.7. The van der Waals surface area contributed by atoms with E-state index < -0.39 is 6.42 Å². The maximum Gasteiger partial charge on any atom is 0.520 e. The highest BCUT2D eigenvalue weighted by Gasteiger charge is 2.47. The van der Waals surface area contributed by atoms with Gasteiger partial charge < -0.3 is 17.9 Å². The maximum absolute atomic E-state index is 3.72. The first-order valence-electron chi connectivity index (χ1n) is 10.7. The SMILES string of the molecule is CC1=CC(C)=[N+]2C1=Cc1c(C)cc(C)n1[B-]2(C#CC[N+](C)(C)C)C#CC[N+](C)(C)C. The van der Waals surface area contributed by atoms with E-state index in [0.29, 0.717) is 0 Å². The van der Waals surface area contributed by atoms with Gasteiger partial charge in [-0.15, -0.1) is 0 Å². The highest BCUT2D eigenvalue weighted by molar-refractivity contribution is 6.87. The normalized spacial score (nSPS) is 17.3. The number of fused-ring (bicyclic) bond motifs is 2. The highest BCUT2D eigenvalue weighted by Crippen LogP contribution is 2.35. The highest BCUT2D eigenvalue weighted by atomic mass is 15.3. The maximum atomic E-state index is 3.72. The van der Waals surface area contributed by atoms with E-state index >= 15 is 0 Å². The van der Waals surface area contributed by atoms with Crippen LogP contribution in [0.4, 0.5) is 0 Å². The lowest BCUT2D eigenvalue weighted by atomic mass is 9.45. The van der Waals surface area contributed by atoms with Crippen molar-refractivity contribution < 1.29 is 13.5 Å². The Morgan fingerprint density at radius 2 is 1.40 bits per heavy atom. The molecule has 1 aromatic rings. The van der Waals surface area contributed by atoms with Crippen LogP contribution in [0.15, 0.2) is 23.4 Å². The Kier molecular flexibility index (Phi) is 5.44. The van der Waals surface area contributed by atoms with Gasteiger partial charge in [-0.3, -0.25) is 0 Å². The summed E-state index contributed by atoms with van der Waals surface area (Å²) in [5, 5.41) is 0. The van der Waals surface area contributed by atoms with Crippen LogP contribution < -0.4 is 0 Å². The van der Waals surface area contributed by atoms with Crippen LogP contribution in [0, 0.1) is 37.3 Å². The number of rotatable bonds is 2. The smallest absolute Gasteiger partial charge is 0.436 e. The minimum atomic E-state index is -1.62. The van der Waals surface area contributed by atoms with Crippen molar-refractivity contribution in [3.63, 3.8) is 0 Å². The van der Waals surface area contributed by atoms with Gasteiger partial charge in [0.15, 0.2) is 5.70 Å². The van der Waals surface area contributed by atoms with Gasteiger partial charge in [0.25, 0.3) is 0 Å².